The van der Waals surface area contributed by atoms with Crippen molar-refractivity contribution in [2.24, 2.45) is 17.1 Å². The molecule has 124 valence electrons. The maximum absolute atomic E-state index is 6.28. The summed E-state index contributed by atoms with van der Waals surface area (Å²) in [5.74, 6) is 0.837. The van der Waals surface area contributed by atoms with Crippen LogP contribution in [0.5, 0.6) is 0 Å². The van der Waals surface area contributed by atoms with Gasteiger partial charge in [-0.2, -0.15) is 0 Å². The van der Waals surface area contributed by atoms with E-state index < -0.39 is 0 Å². The molecule has 2 rings (SSSR count). The molecule has 0 spiro atoms. The van der Waals surface area contributed by atoms with Gasteiger partial charge >= 0.3 is 0 Å². The number of ether oxygens (including phenoxy) is 1. The third kappa shape index (κ3) is 3.80. The lowest BCUT2D eigenvalue weighted by atomic mass is 9.66. The van der Waals surface area contributed by atoms with Gasteiger partial charge in [-0.25, -0.2) is 0 Å². The summed E-state index contributed by atoms with van der Waals surface area (Å²) in [6.45, 7) is 16.6. The van der Waals surface area contributed by atoms with E-state index in [1.54, 1.807) is 0 Å². The molecular weight excluding hydrogens is 260 g/mol. The van der Waals surface area contributed by atoms with Crippen LogP contribution in [-0.4, -0.2) is 41.8 Å². The molecular formula is C18H36N2O. The Kier molecular flexibility index (Phi) is 4.78. The topological polar surface area (TPSA) is 38.5 Å². The highest BCUT2D eigenvalue weighted by molar-refractivity contribution is 5.01. The van der Waals surface area contributed by atoms with E-state index in [0.29, 0.717) is 11.5 Å². The monoisotopic (exact) mass is 296 g/mol. The van der Waals surface area contributed by atoms with Crippen LogP contribution < -0.4 is 5.73 Å². The first-order valence-electron chi connectivity index (χ1n) is 8.71. The third-order valence-electron chi connectivity index (χ3n) is 5.76. The molecule has 0 amide bonds. The summed E-state index contributed by atoms with van der Waals surface area (Å²) in [4.78, 5) is 2.65. The van der Waals surface area contributed by atoms with Crippen LogP contribution in [0, 0.1) is 11.3 Å². The van der Waals surface area contributed by atoms with Gasteiger partial charge in [-0.1, -0.05) is 20.8 Å². The van der Waals surface area contributed by atoms with E-state index in [0.717, 1.165) is 25.6 Å². The first-order chi connectivity index (χ1) is 9.58. The normalized spacial score (nSPS) is 38.4. The van der Waals surface area contributed by atoms with Crippen LogP contribution in [0.1, 0.15) is 67.2 Å². The maximum atomic E-state index is 6.28. The largest absolute Gasteiger partial charge is 0.370 e. The fourth-order valence-electron chi connectivity index (χ4n) is 4.49. The van der Waals surface area contributed by atoms with Gasteiger partial charge in [0.25, 0.3) is 0 Å². The Hall–Kier alpha value is -0.120. The fraction of sp³-hybridized carbons (Fsp3) is 1.00. The molecule has 2 fully saturated rings. The van der Waals surface area contributed by atoms with E-state index >= 15 is 0 Å². The Morgan fingerprint density at radius 2 is 1.76 bits per heavy atom. The van der Waals surface area contributed by atoms with Crippen LogP contribution in [0.15, 0.2) is 0 Å². The SMILES string of the molecule is CC1CN(C2(CN)CCC(C(C)(C)C)CC2)CC(C)(C)O1. The van der Waals surface area contributed by atoms with E-state index in [9.17, 15) is 0 Å². The fourth-order valence-corrected chi connectivity index (χ4v) is 4.49. The third-order valence-corrected chi connectivity index (χ3v) is 5.76. The minimum atomic E-state index is -0.0548. The van der Waals surface area contributed by atoms with E-state index in [-0.39, 0.29) is 11.1 Å². The predicted molar refractivity (Wildman–Crippen MR) is 89.4 cm³/mol. The zero-order valence-electron chi connectivity index (χ0n) is 15.0. The molecule has 1 saturated carbocycles. The first-order valence-corrected chi connectivity index (χ1v) is 8.71. The Bertz CT molecular complexity index is 351. The lowest BCUT2D eigenvalue weighted by molar-refractivity contribution is -0.159. The average molecular weight is 296 g/mol. The first kappa shape index (κ1) is 17.2. The molecule has 2 N–H and O–H groups in total. The molecule has 1 aliphatic carbocycles. The van der Waals surface area contributed by atoms with Crippen molar-refractivity contribution in [3.63, 3.8) is 0 Å². The van der Waals surface area contributed by atoms with Crippen LogP contribution in [0.25, 0.3) is 0 Å². The second-order valence-corrected chi connectivity index (χ2v) is 9.14. The lowest BCUT2D eigenvalue weighted by Gasteiger charge is -2.54. The second kappa shape index (κ2) is 5.82. The number of nitrogens with zero attached hydrogens (tertiary/aromatic N) is 1. The van der Waals surface area contributed by atoms with Crippen LogP contribution in [-0.2, 0) is 4.74 Å². The van der Waals surface area contributed by atoms with Crippen LogP contribution in [0.3, 0.4) is 0 Å². The number of morpholine rings is 1. The van der Waals surface area contributed by atoms with E-state index in [1.165, 1.54) is 25.7 Å². The number of hydrogen-bond donors (Lipinski definition) is 1. The molecule has 21 heavy (non-hydrogen) atoms. The standard InChI is InChI=1S/C18H36N2O/c1-14-11-20(13-17(5,6)21-14)18(12-19)9-7-15(8-10-18)16(2,3)4/h14-15H,7-13,19H2,1-6H3. The van der Waals surface area contributed by atoms with Crippen LogP contribution in [0.2, 0.25) is 0 Å². The highest BCUT2D eigenvalue weighted by atomic mass is 16.5. The van der Waals surface area contributed by atoms with Crippen LogP contribution >= 0.6 is 0 Å². The summed E-state index contributed by atoms with van der Waals surface area (Å²) in [6.07, 6.45) is 5.42. The number of rotatable bonds is 2. The van der Waals surface area contributed by atoms with Crippen molar-refractivity contribution >= 4 is 0 Å². The lowest BCUT2D eigenvalue weighted by Crippen LogP contribution is -2.64. The summed E-state index contributed by atoms with van der Waals surface area (Å²) in [5.41, 5.74) is 6.85. The minimum absolute atomic E-state index is 0.0548. The van der Waals surface area contributed by atoms with Crippen molar-refractivity contribution in [2.45, 2.75) is 84.5 Å². The van der Waals surface area contributed by atoms with Gasteiger partial charge < -0.3 is 10.5 Å². The molecule has 1 saturated heterocycles. The molecule has 2 aliphatic rings. The summed E-state index contributed by atoms with van der Waals surface area (Å²) in [6, 6.07) is 0. The highest BCUT2D eigenvalue weighted by Gasteiger charge is 2.45. The molecule has 3 heteroatoms. The smallest absolute Gasteiger partial charge is 0.0757 e. The second-order valence-electron chi connectivity index (χ2n) is 9.14. The van der Waals surface area contributed by atoms with Gasteiger partial charge in [0.15, 0.2) is 0 Å². The summed E-state index contributed by atoms with van der Waals surface area (Å²) < 4.78 is 6.08. The zero-order chi connectivity index (χ0) is 15.9. The van der Waals surface area contributed by atoms with E-state index in [1.807, 2.05) is 0 Å². The molecule has 1 atom stereocenters. The van der Waals surface area contributed by atoms with Gasteiger partial charge in [-0.05, 0) is 57.8 Å². The Morgan fingerprint density at radius 3 is 2.19 bits per heavy atom. The zero-order valence-corrected chi connectivity index (χ0v) is 15.0. The number of hydrogen-bond acceptors (Lipinski definition) is 3. The van der Waals surface area contributed by atoms with E-state index in [4.69, 9.17) is 10.5 Å². The summed E-state index contributed by atoms with van der Waals surface area (Å²) >= 11 is 0. The van der Waals surface area contributed by atoms with Gasteiger partial charge in [0.05, 0.1) is 11.7 Å². The van der Waals surface area contributed by atoms with Gasteiger partial charge in [-0.15, -0.1) is 0 Å². The van der Waals surface area contributed by atoms with Gasteiger partial charge in [0.1, 0.15) is 0 Å². The van der Waals surface area contributed by atoms with Crippen molar-refractivity contribution in [3.05, 3.63) is 0 Å². The summed E-state index contributed by atoms with van der Waals surface area (Å²) in [5, 5.41) is 0. The van der Waals surface area contributed by atoms with Crippen molar-refractivity contribution in [1.29, 1.82) is 0 Å². The number of nitrogens with two attached hydrogens (primary N) is 1. The Balaban J connectivity index is 2.09. The van der Waals surface area contributed by atoms with Gasteiger partial charge in [0, 0.05) is 25.2 Å². The molecule has 0 aromatic carbocycles. The molecule has 0 bridgehead atoms. The van der Waals surface area contributed by atoms with Crippen molar-refractivity contribution in [1.82, 2.24) is 4.90 Å². The molecule has 1 heterocycles. The van der Waals surface area contributed by atoms with Gasteiger partial charge in [-0.3, -0.25) is 4.90 Å². The predicted octanol–water partition coefficient (Wildman–Crippen LogP) is 3.42. The van der Waals surface area contributed by atoms with Crippen LogP contribution in [0.4, 0.5) is 0 Å². The van der Waals surface area contributed by atoms with Gasteiger partial charge in [0.2, 0.25) is 0 Å². The molecule has 0 aromatic rings. The molecule has 1 unspecified atom stereocenters. The molecule has 0 radical (unpaired) electrons. The van der Waals surface area contributed by atoms with Crippen molar-refractivity contribution in [3.8, 4) is 0 Å². The van der Waals surface area contributed by atoms with Crippen molar-refractivity contribution in [2.75, 3.05) is 19.6 Å². The highest BCUT2D eigenvalue weighted by Crippen LogP contribution is 2.44. The Labute approximate surface area is 131 Å². The Morgan fingerprint density at radius 1 is 1.19 bits per heavy atom. The average Bonchev–Trinajstić information content (AvgIpc) is 2.35. The maximum Gasteiger partial charge on any atom is 0.0757 e. The quantitative estimate of drug-likeness (QED) is 0.848. The molecule has 3 nitrogen and oxygen atoms in total. The van der Waals surface area contributed by atoms with Crippen molar-refractivity contribution < 1.29 is 4.74 Å². The molecule has 0 aromatic heterocycles. The minimum Gasteiger partial charge on any atom is -0.370 e. The van der Waals surface area contributed by atoms with E-state index in [2.05, 4.69) is 46.4 Å². The molecule has 1 aliphatic heterocycles. The summed E-state index contributed by atoms with van der Waals surface area (Å²) in [7, 11) is 0.